The van der Waals surface area contributed by atoms with E-state index in [2.05, 4.69) is 0 Å². The molecule has 0 heterocycles. The molecular weight excluding hydrogens is 194 g/mol. The van der Waals surface area contributed by atoms with E-state index in [-0.39, 0.29) is 23.3 Å². The molecule has 1 aromatic carbocycles. The maximum Gasteiger partial charge on any atom is 0.200 e. The van der Waals surface area contributed by atoms with Crippen LogP contribution in [0.3, 0.4) is 0 Å². The molecule has 0 aliphatic carbocycles. The molecule has 0 amide bonds. The summed E-state index contributed by atoms with van der Waals surface area (Å²) in [6.07, 6.45) is 3.54. The lowest BCUT2D eigenvalue weighted by atomic mass is 10.1. The molecule has 0 aromatic heterocycles. The van der Waals surface area contributed by atoms with Crippen molar-refractivity contribution in [3.05, 3.63) is 23.8 Å². The molecule has 15 heavy (non-hydrogen) atoms. The van der Waals surface area contributed by atoms with Crippen LogP contribution in [0.5, 0.6) is 17.2 Å². The summed E-state index contributed by atoms with van der Waals surface area (Å²) in [5, 5.41) is 18.8. The SMILES string of the molecule is COc1cc(/C=C/C(C)N)cc(O)c1O. The molecule has 0 aliphatic heterocycles. The predicted molar refractivity (Wildman–Crippen MR) is 59.0 cm³/mol. The Balaban J connectivity index is 3.06. The molecule has 0 aliphatic rings. The van der Waals surface area contributed by atoms with E-state index in [1.54, 1.807) is 18.2 Å². The summed E-state index contributed by atoms with van der Waals surface area (Å²) >= 11 is 0. The fourth-order valence-electron chi connectivity index (χ4n) is 1.13. The first-order valence-electron chi connectivity index (χ1n) is 4.58. The lowest BCUT2D eigenvalue weighted by Crippen LogP contribution is -2.09. The van der Waals surface area contributed by atoms with E-state index in [4.69, 9.17) is 10.5 Å². The van der Waals surface area contributed by atoms with Crippen molar-refractivity contribution >= 4 is 6.08 Å². The minimum atomic E-state index is -0.254. The van der Waals surface area contributed by atoms with Gasteiger partial charge in [0.25, 0.3) is 0 Å². The third kappa shape index (κ3) is 2.89. The highest BCUT2D eigenvalue weighted by Gasteiger charge is 2.07. The molecule has 4 heteroatoms. The van der Waals surface area contributed by atoms with Gasteiger partial charge in [-0.3, -0.25) is 0 Å². The lowest BCUT2D eigenvalue weighted by Gasteiger charge is -2.06. The molecule has 0 bridgehead atoms. The van der Waals surface area contributed by atoms with Gasteiger partial charge in [-0.2, -0.15) is 0 Å². The molecule has 1 rings (SSSR count). The molecule has 0 spiro atoms. The van der Waals surface area contributed by atoms with Gasteiger partial charge in [0.1, 0.15) is 0 Å². The average Bonchev–Trinajstić information content (AvgIpc) is 2.19. The molecule has 0 radical (unpaired) electrons. The summed E-state index contributed by atoms with van der Waals surface area (Å²) in [5.41, 5.74) is 6.27. The molecule has 1 atom stereocenters. The zero-order valence-corrected chi connectivity index (χ0v) is 8.77. The van der Waals surface area contributed by atoms with E-state index in [0.717, 1.165) is 5.56 Å². The second-order valence-electron chi connectivity index (χ2n) is 3.31. The van der Waals surface area contributed by atoms with Gasteiger partial charge in [0.15, 0.2) is 11.5 Å². The smallest absolute Gasteiger partial charge is 0.200 e. The number of benzene rings is 1. The van der Waals surface area contributed by atoms with Gasteiger partial charge >= 0.3 is 0 Å². The number of aromatic hydroxyl groups is 2. The Bertz CT molecular complexity index is 372. The molecule has 4 nitrogen and oxygen atoms in total. The van der Waals surface area contributed by atoms with Crippen molar-refractivity contribution in [3.8, 4) is 17.2 Å². The van der Waals surface area contributed by atoms with Gasteiger partial charge < -0.3 is 20.7 Å². The van der Waals surface area contributed by atoms with Crippen LogP contribution in [0.25, 0.3) is 6.08 Å². The van der Waals surface area contributed by atoms with Crippen molar-refractivity contribution in [2.45, 2.75) is 13.0 Å². The maximum absolute atomic E-state index is 9.38. The van der Waals surface area contributed by atoms with Crippen molar-refractivity contribution in [1.82, 2.24) is 0 Å². The van der Waals surface area contributed by atoms with E-state index in [0.29, 0.717) is 0 Å². The second-order valence-corrected chi connectivity index (χ2v) is 3.31. The summed E-state index contributed by atoms with van der Waals surface area (Å²) in [7, 11) is 1.42. The van der Waals surface area contributed by atoms with Crippen molar-refractivity contribution in [2.24, 2.45) is 5.73 Å². The van der Waals surface area contributed by atoms with Crippen molar-refractivity contribution in [2.75, 3.05) is 7.11 Å². The normalized spacial score (nSPS) is 13.0. The fraction of sp³-hybridized carbons (Fsp3) is 0.273. The van der Waals surface area contributed by atoms with Crippen LogP contribution in [0.1, 0.15) is 12.5 Å². The summed E-state index contributed by atoms with van der Waals surface area (Å²) in [4.78, 5) is 0. The van der Waals surface area contributed by atoms with Crippen LogP contribution >= 0.6 is 0 Å². The summed E-state index contributed by atoms with van der Waals surface area (Å²) in [5.74, 6) is -0.228. The van der Waals surface area contributed by atoms with Gasteiger partial charge in [0, 0.05) is 6.04 Å². The van der Waals surface area contributed by atoms with Gasteiger partial charge in [-0.25, -0.2) is 0 Å². The molecule has 1 aromatic rings. The molecule has 0 saturated carbocycles. The number of ether oxygens (including phenoxy) is 1. The number of methoxy groups -OCH3 is 1. The number of phenols is 2. The summed E-state index contributed by atoms with van der Waals surface area (Å²) < 4.78 is 4.90. The summed E-state index contributed by atoms with van der Waals surface area (Å²) in [6.45, 7) is 1.84. The van der Waals surface area contributed by atoms with E-state index in [9.17, 15) is 10.2 Å². The minimum Gasteiger partial charge on any atom is -0.504 e. The quantitative estimate of drug-likeness (QED) is 0.659. The highest BCUT2D eigenvalue weighted by molar-refractivity contribution is 5.61. The Morgan fingerprint density at radius 1 is 1.40 bits per heavy atom. The zero-order valence-electron chi connectivity index (χ0n) is 8.77. The van der Waals surface area contributed by atoms with Crippen LogP contribution < -0.4 is 10.5 Å². The molecule has 0 saturated heterocycles. The third-order valence-electron chi connectivity index (χ3n) is 1.89. The topological polar surface area (TPSA) is 75.7 Å². The highest BCUT2D eigenvalue weighted by atomic mass is 16.5. The van der Waals surface area contributed by atoms with Crippen LogP contribution in [-0.4, -0.2) is 23.4 Å². The number of hydrogen-bond acceptors (Lipinski definition) is 4. The van der Waals surface area contributed by atoms with Crippen LogP contribution in [0.2, 0.25) is 0 Å². The van der Waals surface area contributed by atoms with Crippen molar-refractivity contribution in [1.29, 1.82) is 0 Å². The number of phenolic OH excluding ortho intramolecular Hbond substituents is 2. The van der Waals surface area contributed by atoms with Crippen LogP contribution in [0, 0.1) is 0 Å². The zero-order chi connectivity index (χ0) is 11.4. The maximum atomic E-state index is 9.38. The number of rotatable bonds is 3. The van der Waals surface area contributed by atoms with E-state index in [1.165, 1.54) is 13.2 Å². The van der Waals surface area contributed by atoms with Gasteiger partial charge in [-0.1, -0.05) is 12.2 Å². The Kier molecular flexibility index (Phi) is 3.57. The first-order chi connectivity index (χ1) is 7.04. The predicted octanol–water partition coefficient (Wildman–Crippen LogP) is 1.47. The molecule has 1 unspecified atom stereocenters. The number of nitrogens with two attached hydrogens (primary N) is 1. The minimum absolute atomic E-state index is 0.0630. The third-order valence-corrected chi connectivity index (χ3v) is 1.89. The van der Waals surface area contributed by atoms with E-state index >= 15 is 0 Å². The first kappa shape index (κ1) is 11.4. The van der Waals surface area contributed by atoms with Gasteiger partial charge in [-0.05, 0) is 24.6 Å². The van der Waals surface area contributed by atoms with Gasteiger partial charge in [0.05, 0.1) is 7.11 Å². The largest absolute Gasteiger partial charge is 0.504 e. The Labute approximate surface area is 88.6 Å². The second kappa shape index (κ2) is 4.70. The first-order valence-corrected chi connectivity index (χ1v) is 4.58. The van der Waals surface area contributed by atoms with Crippen molar-refractivity contribution < 1.29 is 14.9 Å². The Morgan fingerprint density at radius 2 is 2.07 bits per heavy atom. The summed E-state index contributed by atoms with van der Waals surface area (Å²) in [6, 6.07) is 3.00. The molecular formula is C11H15NO3. The van der Waals surface area contributed by atoms with Crippen LogP contribution in [-0.2, 0) is 0 Å². The number of hydrogen-bond donors (Lipinski definition) is 3. The standard InChI is InChI=1S/C11H15NO3/c1-7(12)3-4-8-5-9(13)11(14)10(6-8)15-2/h3-7,13-14H,12H2,1-2H3/b4-3+. The molecule has 4 N–H and O–H groups in total. The van der Waals surface area contributed by atoms with Gasteiger partial charge in [0.2, 0.25) is 5.75 Å². The van der Waals surface area contributed by atoms with E-state index < -0.39 is 0 Å². The molecule has 82 valence electrons. The lowest BCUT2D eigenvalue weighted by molar-refractivity contribution is 0.351. The molecule has 0 fully saturated rings. The van der Waals surface area contributed by atoms with Gasteiger partial charge in [-0.15, -0.1) is 0 Å². The monoisotopic (exact) mass is 209 g/mol. The van der Waals surface area contributed by atoms with Crippen molar-refractivity contribution in [3.63, 3.8) is 0 Å². The van der Waals surface area contributed by atoms with Crippen LogP contribution in [0.15, 0.2) is 18.2 Å². The Morgan fingerprint density at radius 3 is 2.60 bits per heavy atom. The fourth-order valence-corrected chi connectivity index (χ4v) is 1.13. The average molecular weight is 209 g/mol. The van der Waals surface area contributed by atoms with E-state index in [1.807, 2.05) is 6.92 Å². The van der Waals surface area contributed by atoms with Crippen LogP contribution in [0.4, 0.5) is 0 Å². The Hall–Kier alpha value is -1.68. The highest BCUT2D eigenvalue weighted by Crippen LogP contribution is 2.36.